The molecule has 126 valence electrons. The van der Waals surface area contributed by atoms with Crippen molar-refractivity contribution in [1.29, 1.82) is 0 Å². The molecule has 0 amide bonds. The maximum absolute atomic E-state index is 12.4. The molecule has 3 atom stereocenters. The first-order valence-electron chi connectivity index (χ1n) is 8.62. The molecular formula is C17H25N3O2S. The number of nitrogens with one attached hydrogen (secondary N) is 1. The van der Waals surface area contributed by atoms with Crippen molar-refractivity contribution < 1.29 is 8.42 Å². The van der Waals surface area contributed by atoms with Gasteiger partial charge < -0.3 is 0 Å². The topological polar surface area (TPSA) is 52.7 Å². The van der Waals surface area contributed by atoms with Crippen molar-refractivity contribution >= 4 is 10.2 Å². The SMILES string of the molecule is CNS(=O)(=O)N1CCCC2CN3CCc4ccccc4C3CC21. The normalized spacial score (nSPS) is 32.0. The van der Waals surface area contributed by atoms with E-state index in [4.69, 9.17) is 0 Å². The Balaban J connectivity index is 1.66. The van der Waals surface area contributed by atoms with Gasteiger partial charge in [0.05, 0.1) is 0 Å². The molecule has 1 aromatic carbocycles. The van der Waals surface area contributed by atoms with Gasteiger partial charge in [-0.1, -0.05) is 24.3 Å². The molecule has 0 aliphatic carbocycles. The second-order valence-corrected chi connectivity index (χ2v) is 8.81. The largest absolute Gasteiger partial charge is 0.296 e. The zero-order chi connectivity index (χ0) is 16.0. The minimum absolute atomic E-state index is 0.133. The van der Waals surface area contributed by atoms with Crippen LogP contribution < -0.4 is 4.72 Å². The molecule has 5 nitrogen and oxygen atoms in total. The molecule has 0 aromatic heterocycles. The minimum Gasteiger partial charge on any atom is -0.296 e. The molecule has 3 aliphatic rings. The minimum atomic E-state index is -3.34. The summed E-state index contributed by atoms with van der Waals surface area (Å²) < 4.78 is 29.1. The number of piperidine rings is 2. The zero-order valence-corrected chi connectivity index (χ0v) is 14.4. The lowest BCUT2D eigenvalue weighted by atomic mass is 9.77. The van der Waals surface area contributed by atoms with Crippen molar-refractivity contribution in [2.75, 3.05) is 26.7 Å². The summed E-state index contributed by atoms with van der Waals surface area (Å²) in [5.74, 6) is 0.466. The molecular weight excluding hydrogens is 310 g/mol. The average Bonchev–Trinajstić information content (AvgIpc) is 2.59. The third-order valence-corrected chi connectivity index (χ3v) is 7.48. The molecule has 1 N–H and O–H groups in total. The highest BCUT2D eigenvalue weighted by molar-refractivity contribution is 7.87. The summed E-state index contributed by atoms with van der Waals surface area (Å²) in [6.07, 6.45) is 4.15. The van der Waals surface area contributed by atoms with Crippen LogP contribution in [0.4, 0.5) is 0 Å². The van der Waals surface area contributed by atoms with E-state index >= 15 is 0 Å². The van der Waals surface area contributed by atoms with Crippen LogP contribution in [0.2, 0.25) is 0 Å². The summed E-state index contributed by atoms with van der Waals surface area (Å²) in [4.78, 5) is 2.58. The van der Waals surface area contributed by atoms with Crippen LogP contribution >= 0.6 is 0 Å². The molecule has 0 bridgehead atoms. The quantitative estimate of drug-likeness (QED) is 0.892. The molecule has 1 aromatic rings. The van der Waals surface area contributed by atoms with Gasteiger partial charge in [-0.3, -0.25) is 4.90 Å². The van der Waals surface area contributed by atoms with Gasteiger partial charge in [-0.05, 0) is 42.7 Å². The smallest absolute Gasteiger partial charge is 0.279 e. The number of nitrogens with zero attached hydrogens (tertiary/aromatic N) is 2. The molecule has 0 spiro atoms. The second-order valence-electron chi connectivity index (χ2n) is 6.98. The lowest BCUT2D eigenvalue weighted by molar-refractivity contribution is 0.0216. The van der Waals surface area contributed by atoms with Crippen molar-refractivity contribution in [3.8, 4) is 0 Å². The summed E-state index contributed by atoms with van der Waals surface area (Å²) in [5.41, 5.74) is 2.84. The average molecular weight is 335 g/mol. The van der Waals surface area contributed by atoms with E-state index in [1.807, 2.05) is 0 Å². The number of hydrogen-bond acceptors (Lipinski definition) is 3. The molecule has 4 rings (SSSR count). The molecule has 2 fully saturated rings. The van der Waals surface area contributed by atoms with E-state index in [0.29, 0.717) is 18.5 Å². The maximum Gasteiger partial charge on any atom is 0.279 e. The first kappa shape index (κ1) is 15.6. The number of hydrogen-bond donors (Lipinski definition) is 1. The Bertz CT molecular complexity index is 691. The van der Waals surface area contributed by atoms with E-state index in [-0.39, 0.29) is 6.04 Å². The van der Waals surface area contributed by atoms with Crippen molar-refractivity contribution in [2.24, 2.45) is 5.92 Å². The zero-order valence-electron chi connectivity index (χ0n) is 13.6. The molecule has 0 saturated carbocycles. The fraction of sp³-hybridized carbons (Fsp3) is 0.647. The van der Waals surface area contributed by atoms with E-state index < -0.39 is 10.2 Å². The van der Waals surface area contributed by atoms with Gasteiger partial charge in [-0.25, -0.2) is 4.72 Å². The summed E-state index contributed by atoms with van der Waals surface area (Å²) in [6.45, 7) is 2.78. The van der Waals surface area contributed by atoms with Gasteiger partial charge in [0.15, 0.2) is 0 Å². The van der Waals surface area contributed by atoms with Gasteiger partial charge in [-0.2, -0.15) is 12.7 Å². The number of benzene rings is 1. The van der Waals surface area contributed by atoms with Crippen LogP contribution in [0.1, 0.15) is 36.4 Å². The monoisotopic (exact) mass is 335 g/mol. The van der Waals surface area contributed by atoms with Crippen LogP contribution in [-0.2, 0) is 16.6 Å². The van der Waals surface area contributed by atoms with Gasteiger partial charge >= 0.3 is 0 Å². The van der Waals surface area contributed by atoms with E-state index in [9.17, 15) is 8.42 Å². The van der Waals surface area contributed by atoms with Crippen molar-refractivity contribution in [3.05, 3.63) is 35.4 Å². The highest BCUT2D eigenvalue weighted by Gasteiger charge is 2.45. The Hall–Kier alpha value is -0.950. The summed E-state index contributed by atoms with van der Waals surface area (Å²) in [6, 6.07) is 9.17. The van der Waals surface area contributed by atoms with Crippen LogP contribution in [0.5, 0.6) is 0 Å². The first-order valence-corrected chi connectivity index (χ1v) is 10.1. The number of rotatable bonds is 2. The van der Waals surface area contributed by atoms with Gasteiger partial charge in [-0.15, -0.1) is 0 Å². The Labute approximate surface area is 138 Å². The molecule has 0 radical (unpaired) electrons. The Morgan fingerprint density at radius 2 is 2.04 bits per heavy atom. The molecule has 3 unspecified atom stereocenters. The Kier molecular flexibility index (Phi) is 3.96. The van der Waals surface area contributed by atoms with Crippen LogP contribution in [0.3, 0.4) is 0 Å². The van der Waals surface area contributed by atoms with E-state index in [2.05, 4.69) is 33.9 Å². The Morgan fingerprint density at radius 3 is 2.87 bits per heavy atom. The lowest BCUT2D eigenvalue weighted by Crippen LogP contribution is -2.58. The molecule has 3 aliphatic heterocycles. The van der Waals surface area contributed by atoms with Gasteiger partial charge in [0.25, 0.3) is 10.2 Å². The molecule has 6 heteroatoms. The van der Waals surface area contributed by atoms with E-state index in [0.717, 1.165) is 38.8 Å². The lowest BCUT2D eigenvalue weighted by Gasteiger charge is -2.51. The third-order valence-electron chi connectivity index (χ3n) is 5.89. The van der Waals surface area contributed by atoms with Crippen molar-refractivity contribution in [1.82, 2.24) is 13.9 Å². The maximum atomic E-state index is 12.4. The van der Waals surface area contributed by atoms with E-state index in [1.165, 1.54) is 18.2 Å². The van der Waals surface area contributed by atoms with Gasteiger partial charge in [0.1, 0.15) is 0 Å². The van der Waals surface area contributed by atoms with E-state index in [1.54, 1.807) is 4.31 Å². The fourth-order valence-corrected chi connectivity index (χ4v) is 5.99. The van der Waals surface area contributed by atoms with Crippen molar-refractivity contribution in [2.45, 2.75) is 37.8 Å². The molecule has 2 saturated heterocycles. The van der Waals surface area contributed by atoms with Crippen LogP contribution in [0, 0.1) is 5.92 Å². The predicted molar refractivity (Wildman–Crippen MR) is 90.3 cm³/mol. The highest BCUT2D eigenvalue weighted by Crippen LogP contribution is 2.43. The second kappa shape index (κ2) is 5.84. The third kappa shape index (κ3) is 2.61. The fourth-order valence-electron chi connectivity index (χ4n) is 4.77. The van der Waals surface area contributed by atoms with Crippen LogP contribution in [0.25, 0.3) is 0 Å². The summed E-state index contributed by atoms with van der Waals surface area (Å²) >= 11 is 0. The standard InChI is InChI=1S/C17H25N3O2S/c1-18-23(21,22)20-9-4-6-14-12-19-10-8-13-5-2-3-7-15(13)17(19)11-16(14)20/h2-3,5,7,14,16-18H,4,6,8-12H2,1H3. The van der Waals surface area contributed by atoms with Gasteiger partial charge in [0.2, 0.25) is 0 Å². The summed E-state index contributed by atoms with van der Waals surface area (Å²) in [5, 5.41) is 0. The first-order chi connectivity index (χ1) is 11.1. The van der Waals surface area contributed by atoms with Crippen LogP contribution in [-0.4, -0.2) is 50.3 Å². The predicted octanol–water partition coefficient (Wildman–Crippen LogP) is 1.53. The van der Waals surface area contributed by atoms with Crippen LogP contribution in [0.15, 0.2) is 24.3 Å². The summed E-state index contributed by atoms with van der Waals surface area (Å²) in [7, 11) is -1.82. The Morgan fingerprint density at radius 1 is 1.22 bits per heavy atom. The van der Waals surface area contributed by atoms with Gasteiger partial charge in [0, 0.05) is 38.8 Å². The number of fused-ring (bicyclic) bond motifs is 4. The van der Waals surface area contributed by atoms with Crippen molar-refractivity contribution in [3.63, 3.8) is 0 Å². The molecule has 23 heavy (non-hydrogen) atoms. The highest BCUT2D eigenvalue weighted by atomic mass is 32.2. The molecule has 3 heterocycles.